The third-order valence-corrected chi connectivity index (χ3v) is 7.26. The van der Waals surface area contributed by atoms with Gasteiger partial charge in [-0.2, -0.15) is 0 Å². The number of ketones is 1. The highest BCUT2D eigenvalue weighted by Crippen LogP contribution is 2.43. The lowest BCUT2D eigenvalue weighted by atomic mass is 9.76. The van der Waals surface area contributed by atoms with Crippen LogP contribution in [0.5, 0.6) is 17.2 Å². The van der Waals surface area contributed by atoms with Gasteiger partial charge in [-0.15, -0.1) is 0 Å². The fourth-order valence-electron chi connectivity index (χ4n) is 5.55. The minimum Gasteiger partial charge on any atom is -0.508 e. The van der Waals surface area contributed by atoms with Crippen molar-refractivity contribution < 1.29 is 19.7 Å². The summed E-state index contributed by atoms with van der Waals surface area (Å²) in [5, 5.41) is 20.0. The molecule has 1 aliphatic heterocycles. The summed E-state index contributed by atoms with van der Waals surface area (Å²) in [6.45, 7) is 4.46. The van der Waals surface area contributed by atoms with E-state index < -0.39 is 5.92 Å². The molecule has 6 rings (SSSR count). The number of benzene rings is 3. The lowest BCUT2D eigenvalue weighted by Gasteiger charge is -2.30. The summed E-state index contributed by atoms with van der Waals surface area (Å²) in [7, 11) is 0. The molecule has 0 bridgehead atoms. The Morgan fingerprint density at radius 1 is 0.857 bits per heavy atom. The molecule has 0 aromatic heterocycles. The molecule has 0 fully saturated rings. The number of aryl methyl sites for hydroxylation is 2. The van der Waals surface area contributed by atoms with E-state index in [1.54, 1.807) is 0 Å². The fraction of sp³-hybridized carbons (Fsp3) is 0.194. The van der Waals surface area contributed by atoms with Gasteiger partial charge in [-0.1, -0.05) is 71.8 Å². The van der Waals surface area contributed by atoms with Crippen LogP contribution in [-0.2, 0) is 6.42 Å². The second-order valence-electron chi connectivity index (χ2n) is 9.74. The molecule has 0 radical (unpaired) electrons. The summed E-state index contributed by atoms with van der Waals surface area (Å²) in [6.07, 6.45) is 9.27. The van der Waals surface area contributed by atoms with Crippen LogP contribution in [0.1, 0.15) is 43.7 Å². The first-order chi connectivity index (χ1) is 16.9. The number of aromatic hydroxyl groups is 2. The summed E-state index contributed by atoms with van der Waals surface area (Å²) in [4.78, 5) is 13.2. The Balaban J connectivity index is 1.38. The van der Waals surface area contributed by atoms with E-state index in [0.717, 1.165) is 12.0 Å². The van der Waals surface area contributed by atoms with Crippen molar-refractivity contribution in [2.45, 2.75) is 20.3 Å². The lowest BCUT2D eigenvalue weighted by molar-refractivity contribution is 0.0798. The number of phenols is 2. The largest absolute Gasteiger partial charge is 0.508 e. The van der Waals surface area contributed by atoms with E-state index >= 15 is 0 Å². The van der Waals surface area contributed by atoms with Crippen LogP contribution in [0.4, 0.5) is 0 Å². The molecule has 4 nitrogen and oxygen atoms in total. The third kappa shape index (κ3) is 3.57. The third-order valence-electron chi connectivity index (χ3n) is 7.26. The molecule has 0 spiro atoms. The minimum atomic E-state index is -0.437. The Morgan fingerprint density at radius 3 is 2.11 bits per heavy atom. The molecule has 2 aliphatic carbocycles. The van der Waals surface area contributed by atoms with E-state index in [9.17, 15) is 15.0 Å². The second kappa shape index (κ2) is 8.02. The molecular formula is C31H26O4. The van der Waals surface area contributed by atoms with E-state index in [1.165, 1.54) is 51.1 Å². The molecule has 4 heteroatoms. The SMILES string of the molecule is Cc1ccc2c(c1)Cc1cc(C)ccc1C2=C1C=CC(C2COc3cc(O)cc(O)c3C2=O)C=C1. The van der Waals surface area contributed by atoms with Crippen molar-refractivity contribution in [1.82, 2.24) is 0 Å². The summed E-state index contributed by atoms with van der Waals surface area (Å²) < 4.78 is 5.76. The van der Waals surface area contributed by atoms with E-state index in [1.807, 2.05) is 0 Å². The molecule has 3 aromatic rings. The summed E-state index contributed by atoms with van der Waals surface area (Å²) >= 11 is 0. The Bertz CT molecular complexity index is 1420. The van der Waals surface area contributed by atoms with E-state index in [2.05, 4.69) is 74.5 Å². The molecule has 1 unspecified atom stereocenters. The average molecular weight is 463 g/mol. The lowest BCUT2D eigenvalue weighted by Crippen LogP contribution is -2.33. The molecule has 35 heavy (non-hydrogen) atoms. The number of hydrogen-bond donors (Lipinski definition) is 2. The molecule has 3 aliphatic rings. The van der Waals surface area contributed by atoms with Crippen LogP contribution in [0.2, 0.25) is 0 Å². The van der Waals surface area contributed by atoms with Crippen molar-refractivity contribution in [3.8, 4) is 17.2 Å². The first kappa shape index (κ1) is 21.5. The molecule has 0 saturated heterocycles. The van der Waals surface area contributed by atoms with Crippen LogP contribution in [0.3, 0.4) is 0 Å². The molecule has 1 atom stereocenters. The molecule has 0 saturated carbocycles. The number of rotatable bonds is 1. The van der Waals surface area contributed by atoms with Crippen LogP contribution < -0.4 is 4.74 Å². The van der Waals surface area contributed by atoms with Crippen LogP contribution in [0.15, 0.2) is 78.4 Å². The number of fused-ring (bicyclic) bond motifs is 3. The Labute approximate surface area is 204 Å². The van der Waals surface area contributed by atoms with Crippen LogP contribution in [0.25, 0.3) is 5.57 Å². The van der Waals surface area contributed by atoms with Gasteiger partial charge in [-0.25, -0.2) is 0 Å². The van der Waals surface area contributed by atoms with Crippen LogP contribution in [0, 0.1) is 25.7 Å². The predicted molar refractivity (Wildman–Crippen MR) is 136 cm³/mol. The van der Waals surface area contributed by atoms with E-state index in [-0.39, 0.29) is 41.1 Å². The number of carbonyl (C=O) groups excluding carboxylic acids is 1. The standard InChI is InChI=1S/C31H26O4/c1-17-3-9-24-21(11-17)13-22-12-18(2)4-10-25(22)29(24)20-7-5-19(6-8-20)26-16-35-28-15-23(32)14-27(33)30(28)31(26)34/h3-12,14-15,19,26,32-33H,13,16H2,1-2H3. The number of allylic oxidation sites excluding steroid dienone is 5. The molecule has 2 N–H and O–H groups in total. The highest BCUT2D eigenvalue weighted by atomic mass is 16.5. The maximum Gasteiger partial charge on any atom is 0.177 e. The maximum atomic E-state index is 13.2. The van der Waals surface area contributed by atoms with Gasteiger partial charge >= 0.3 is 0 Å². The zero-order valence-electron chi connectivity index (χ0n) is 19.7. The number of phenolic OH excluding ortho intramolecular Hbond substituents is 2. The molecular weight excluding hydrogens is 436 g/mol. The molecule has 1 heterocycles. The number of Topliss-reactive ketones (excluding diaryl/α,β-unsaturated/α-hetero) is 1. The number of hydrogen-bond acceptors (Lipinski definition) is 4. The Morgan fingerprint density at radius 2 is 1.49 bits per heavy atom. The highest BCUT2D eigenvalue weighted by Gasteiger charge is 2.36. The van der Waals surface area contributed by atoms with Crippen molar-refractivity contribution in [2.24, 2.45) is 11.8 Å². The van der Waals surface area contributed by atoms with Crippen molar-refractivity contribution in [3.63, 3.8) is 0 Å². The van der Waals surface area contributed by atoms with E-state index in [0.29, 0.717) is 0 Å². The zero-order chi connectivity index (χ0) is 24.3. The van der Waals surface area contributed by atoms with Gasteiger partial charge in [-0.3, -0.25) is 4.79 Å². The van der Waals surface area contributed by atoms with Crippen molar-refractivity contribution in [2.75, 3.05) is 6.61 Å². The summed E-state index contributed by atoms with van der Waals surface area (Å²) in [5.74, 6) is -0.892. The Kier molecular flexibility index (Phi) is 4.92. The average Bonchev–Trinajstić information content (AvgIpc) is 2.82. The van der Waals surface area contributed by atoms with Gasteiger partial charge in [0.25, 0.3) is 0 Å². The quantitative estimate of drug-likeness (QED) is 0.361. The van der Waals surface area contributed by atoms with Crippen LogP contribution in [-0.4, -0.2) is 22.6 Å². The second-order valence-corrected chi connectivity index (χ2v) is 9.74. The van der Waals surface area contributed by atoms with Crippen molar-refractivity contribution in [3.05, 3.63) is 117 Å². The van der Waals surface area contributed by atoms with Gasteiger partial charge in [-0.05, 0) is 53.7 Å². The van der Waals surface area contributed by atoms with Gasteiger partial charge in [0.1, 0.15) is 22.8 Å². The summed E-state index contributed by atoms with van der Waals surface area (Å²) in [6, 6.07) is 15.9. The van der Waals surface area contributed by atoms with Gasteiger partial charge < -0.3 is 14.9 Å². The van der Waals surface area contributed by atoms with Gasteiger partial charge in [0, 0.05) is 18.1 Å². The first-order valence-electron chi connectivity index (χ1n) is 11.9. The molecule has 174 valence electrons. The van der Waals surface area contributed by atoms with Crippen LogP contribution >= 0.6 is 0 Å². The Hall–Kier alpha value is -4.05. The van der Waals surface area contributed by atoms with E-state index in [4.69, 9.17) is 4.74 Å². The number of ether oxygens (including phenoxy) is 1. The monoisotopic (exact) mass is 462 g/mol. The topological polar surface area (TPSA) is 66.8 Å². The summed E-state index contributed by atoms with van der Waals surface area (Å²) in [5.41, 5.74) is 10.2. The highest BCUT2D eigenvalue weighted by molar-refractivity contribution is 6.04. The fourth-order valence-corrected chi connectivity index (χ4v) is 5.55. The molecule has 0 amide bonds. The number of carbonyl (C=O) groups is 1. The predicted octanol–water partition coefficient (Wildman–Crippen LogP) is 6.05. The zero-order valence-corrected chi connectivity index (χ0v) is 19.7. The molecule has 3 aromatic carbocycles. The first-order valence-corrected chi connectivity index (χ1v) is 11.9. The maximum absolute atomic E-state index is 13.2. The van der Waals surface area contributed by atoms with Gasteiger partial charge in [0.2, 0.25) is 0 Å². The van der Waals surface area contributed by atoms with Gasteiger partial charge in [0.15, 0.2) is 5.78 Å². The van der Waals surface area contributed by atoms with Crippen molar-refractivity contribution >= 4 is 11.4 Å². The minimum absolute atomic E-state index is 0.125. The van der Waals surface area contributed by atoms with Crippen molar-refractivity contribution in [1.29, 1.82) is 0 Å². The van der Waals surface area contributed by atoms with Gasteiger partial charge in [0.05, 0.1) is 12.5 Å². The normalized spacial score (nSPS) is 20.2. The smallest absolute Gasteiger partial charge is 0.177 e.